The van der Waals surface area contributed by atoms with Crippen molar-refractivity contribution in [2.75, 3.05) is 0 Å². The van der Waals surface area contributed by atoms with Crippen LogP contribution in [0, 0.1) is 5.92 Å². The summed E-state index contributed by atoms with van der Waals surface area (Å²) < 4.78 is 11.0. The number of carbonyl (C=O) groups is 2. The van der Waals surface area contributed by atoms with Gasteiger partial charge in [0.1, 0.15) is 17.4 Å². The Balaban J connectivity index is 2.02. The average Bonchev–Trinajstić information content (AvgIpc) is 2.87. The van der Waals surface area contributed by atoms with Crippen LogP contribution in [0.2, 0.25) is 0 Å². The van der Waals surface area contributed by atoms with Crippen molar-refractivity contribution in [1.82, 2.24) is 5.32 Å². The number of carbonyl (C=O) groups excluding carboxylic acids is 2. The Kier molecular flexibility index (Phi) is 3.60. The van der Waals surface area contributed by atoms with Crippen LogP contribution >= 0.6 is 0 Å². The minimum absolute atomic E-state index is 0.0382. The lowest BCUT2D eigenvalue weighted by molar-refractivity contribution is -0.115. The fourth-order valence-electron chi connectivity index (χ4n) is 3.00. The predicted octanol–water partition coefficient (Wildman–Crippen LogP) is 2.04. The molecule has 108 valence electrons. The number of hydrogen-bond acceptors (Lipinski definition) is 4. The fourth-order valence-corrected chi connectivity index (χ4v) is 3.00. The van der Waals surface area contributed by atoms with E-state index in [-0.39, 0.29) is 18.1 Å². The Bertz CT molecular complexity index is 376. The smallest absolute Gasteiger partial charge is 0.408 e. The van der Waals surface area contributed by atoms with Gasteiger partial charge in [-0.1, -0.05) is 0 Å². The van der Waals surface area contributed by atoms with Crippen molar-refractivity contribution in [3.63, 3.8) is 0 Å². The maximum absolute atomic E-state index is 11.9. The summed E-state index contributed by atoms with van der Waals surface area (Å²) in [6, 6.07) is 0. The lowest BCUT2D eigenvalue weighted by Gasteiger charge is -2.35. The Hall–Kier alpha value is -1.10. The molecule has 2 fully saturated rings. The summed E-state index contributed by atoms with van der Waals surface area (Å²) >= 11 is 0. The van der Waals surface area contributed by atoms with Gasteiger partial charge in [-0.05, 0) is 47.0 Å². The molecule has 5 nitrogen and oxygen atoms in total. The summed E-state index contributed by atoms with van der Waals surface area (Å²) in [5.41, 5.74) is -1.48. The van der Waals surface area contributed by atoms with Gasteiger partial charge >= 0.3 is 6.09 Å². The Morgan fingerprint density at radius 3 is 2.42 bits per heavy atom. The van der Waals surface area contributed by atoms with E-state index in [0.29, 0.717) is 0 Å². The van der Waals surface area contributed by atoms with Crippen LogP contribution in [-0.2, 0) is 14.3 Å². The SMILES string of the molecule is CC(C)(C)OC(=O)NC(C)(C=O)C1CC2CCC1O2. The first kappa shape index (κ1) is 14.3. The topological polar surface area (TPSA) is 64.6 Å². The van der Waals surface area contributed by atoms with Crippen molar-refractivity contribution in [2.24, 2.45) is 5.92 Å². The second-order valence-corrected chi connectivity index (χ2v) is 6.74. The molecule has 4 atom stereocenters. The van der Waals surface area contributed by atoms with E-state index in [1.165, 1.54) is 0 Å². The van der Waals surface area contributed by atoms with Crippen LogP contribution in [0.3, 0.4) is 0 Å². The van der Waals surface area contributed by atoms with Gasteiger partial charge in [0.2, 0.25) is 0 Å². The highest BCUT2D eigenvalue weighted by atomic mass is 16.6. The molecule has 2 saturated heterocycles. The second-order valence-electron chi connectivity index (χ2n) is 6.74. The highest BCUT2D eigenvalue weighted by Crippen LogP contribution is 2.43. The highest BCUT2D eigenvalue weighted by molar-refractivity contribution is 5.76. The standard InChI is InChI=1S/C14H23NO4/c1-13(2,3)19-12(17)15-14(4,8-16)10-7-9-5-6-11(10)18-9/h8-11H,5-7H2,1-4H3,(H,15,17). The van der Waals surface area contributed by atoms with Gasteiger partial charge in [0.15, 0.2) is 0 Å². The molecule has 0 radical (unpaired) electrons. The minimum Gasteiger partial charge on any atom is -0.444 e. The summed E-state index contributed by atoms with van der Waals surface area (Å²) in [6.07, 6.45) is 3.44. The van der Waals surface area contributed by atoms with E-state index in [2.05, 4.69) is 5.32 Å². The molecule has 1 N–H and O–H groups in total. The monoisotopic (exact) mass is 269 g/mol. The van der Waals surface area contributed by atoms with Crippen LogP contribution in [0.4, 0.5) is 4.79 Å². The number of amides is 1. The van der Waals surface area contributed by atoms with Crippen LogP contribution in [0.15, 0.2) is 0 Å². The van der Waals surface area contributed by atoms with Crippen molar-refractivity contribution in [3.05, 3.63) is 0 Å². The zero-order valence-electron chi connectivity index (χ0n) is 12.1. The van der Waals surface area contributed by atoms with Gasteiger partial charge in [0.25, 0.3) is 0 Å². The predicted molar refractivity (Wildman–Crippen MR) is 69.8 cm³/mol. The summed E-state index contributed by atoms with van der Waals surface area (Å²) in [6.45, 7) is 7.14. The van der Waals surface area contributed by atoms with Crippen LogP contribution in [0.1, 0.15) is 47.0 Å². The maximum Gasteiger partial charge on any atom is 0.408 e. The van der Waals surface area contributed by atoms with Crippen molar-refractivity contribution in [2.45, 2.75) is 70.3 Å². The molecule has 19 heavy (non-hydrogen) atoms. The van der Waals surface area contributed by atoms with Crippen LogP contribution in [-0.4, -0.2) is 35.7 Å². The molecular formula is C14H23NO4. The fraction of sp³-hybridized carbons (Fsp3) is 0.857. The van der Waals surface area contributed by atoms with E-state index >= 15 is 0 Å². The molecule has 2 rings (SSSR count). The molecule has 0 aromatic heterocycles. The number of aldehydes is 1. The molecule has 0 aliphatic carbocycles. The molecule has 0 spiro atoms. The van der Waals surface area contributed by atoms with Gasteiger partial charge < -0.3 is 19.6 Å². The van der Waals surface area contributed by atoms with Crippen molar-refractivity contribution in [3.8, 4) is 0 Å². The van der Waals surface area contributed by atoms with Crippen molar-refractivity contribution in [1.29, 1.82) is 0 Å². The summed E-state index contributed by atoms with van der Waals surface area (Å²) in [4.78, 5) is 23.3. The minimum atomic E-state index is -0.915. The molecular weight excluding hydrogens is 246 g/mol. The Morgan fingerprint density at radius 1 is 1.32 bits per heavy atom. The van der Waals surface area contributed by atoms with E-state index in [9.17, 15) is 9.59 Å². The first-order valence-electron chi connectivity index (χ1n) is 6.86. The zero-order chi connectivity index (χ0) is 14.3. The number of alkyl carbamates (subject to hydrolysis) is 1. The third kappa shape index (κ3) is 3.08. The van der Waals surface area contributed by atoms with Gasteiger partial charge in [0, 0.05) is 5.92 Å². The Morgan fingerprint density at radius 2 is 2.00 bits per heavy atom. The van der Waals surface area contributed by atoms with Gasteiger partial charge in [-0.2, -0.15) is 0 Å². The molecule has 5 heteroatoms. The first-order chi connectivity index (χ1) is 8.73. The molecule has 2 aliphatic rings. The number of hydrogen-bond donors (Lipinski definition) is 1. The Labute approximate surface area is 114 Å². The molecule has 0 saturated carbocycles. The molecule has 0 aromatic rings. The number of fused-ring (bicyclic) bond motifs is 2. The van der Waals surface area contributed by atoms with Gasteiger partial charge in [0.05, 0.1) is 12.2 Å². The van der Waals surface area contributed by atoms with Crippen molar-refractivity contribution < 1.29 is 19.1 Å². The number of ether oxygens (including phenoxy) is 2. The quantitative estimate of drug-likeness (QED) is 0.796. The van der Waals surface area contributed by atoms with Gasteiger partial charge in [-0.3, -0.25) is 0 Å². The summed E-state index contributed by atoms with van der Waals surface area (Å²) in [5, 5.41) is 2.72. The molecule has 2 aliphatic heterocycles. The lowest BCUT2D eigenvalue weighted by Crippen LogP contribution is -2.56. The lowest BCUT2D eigenvalue weighted by atomic mass is 9.76. The first-order valence-corrected chi connectivity index (χ1v) is 6.86. The largest absolute Gasteiger partial charge is 0.444 e. The molecule has 2 bridgehead atoms. The van der Waals surface area contributed by atoms with Gasteiger partial charge in [-0.25, -0.2) is 4.79 Å². The highest BCUT2D eigenvalue weighted by Gasteiger charge is 2.50. The van der Waals surface area contributed by atoms with Crippen molar-refractivity contribution >= 4 is 12.4 Å². The molecule has 1 amide bonds. The average molecular weight is 269 g/mol. The second kappa shape index (κ2) is 4.78. The summed E-state index contributed by atoms with van der Waals surface area (Å²) in [7, 11) is 0. The zero-order valence-corrected chi connectivity index (χ0v) is 12.1. The normalized spacial score (nSPS) is 32.7. The molecule has 2 heterocycles. The van der Waals surface area contributed by atoms with E-state index < -0.39 is 17.2 Å². The van der Waals surface area contributed by atoms with Crippen LogP contribution in [0.5, 0.6) is 0 Å². The van der Waals surface area contributed by atoms with Gasteiger partial charge in [-0.15, -0.1) is 0 Å². The molecule has 0 aromatic carbocycles. The summed E-state index contributed by atoms with van der Waals surface area (Å²) in [5.74, 6) is 0.0382. The van der Waals surface area contributed by atoms with Crippen LogP contribution < -0.4 is 5.32 Å². The molecule has 4 unspecified atom stereocenters. The number of nitrogens with one attached hydrogen (secondary N) is 1. The maximum atomic E-state index is 11.9. The number of rotatable bonds is 3. The van der Waals surface area contributed by atoms with Crippen LogP contribution in [0.25, 0.3) is 0 Å². The van der Waals surface area contributed by atoms with E-state index in [0.717, 1.165) is 25.5 Å². The van der Waals surface area contributed by atoms with E-state index in [1.54, 1.807) is 27.7 Å². The third-order valence-corrected chi connectivity index (χ3v) is 3.89. The van der Waals surface area contributed by atoms with E-state index in [4.69, 9.17) is 9.47 Å². The van der Waals surface area contributed by atoms with E-state index in [1.807, 2.05) is 0 Å². The third-order valence-electron chi connectivity index (χ3n) is 3.89.